The van der Waals surface area contributed by atoms with Gasteiger partial charge in [-0.15, -0.1) is 11.3 Å². The first-order valence-electron chi connectivity index (χ1n) is 8.30. The van der Waals surface area contributed by atoms with Crippen LogP contribution in [-0.4, -0.2) is 35.2 Å². The van der Waals surface area contributed by atoms with E-state index in [9.17, 15) is 9.59 Å². The largest absolute Gasteiger partial charge is 0.475 e. The van der Waals surface area contributed by atoms with Crippen molar-refractivity contribution >= 4 is 23.2 Å². The molecule has 2 atom stereocenters. The number of piperidine rings is 1. The van der Waals surface area contributed by atoms with Crippen LogP contribution in [0.15, 0.2) is 28.1 Å². The average molecular weight is 363 g/mol. The van der Waals surface area contributed by atoms with E-state index in [0.29, 0.717) is 25.1 Å². The maximum atomic E-state index is 12.3. The molecule has 7 nitrogen and oxygen atoms in total. The van der Waals surface area contributed by atoms with Crippen molar-refractivity contribution in [2.45, 2.75) is 25.8 Å². The van der Waals surface area contributed by atoms with Crippen molar-refractivity contribution in [2.24, 2.45) is 11.8 Å². The Bertz CT molecular complexity index is 713. The lowest BCUT2D eigenvalue weighted by atomic mass is 9.81. The third kappa shape index (κ3) is 4.90. The van der Waals surface area contributed by atoms with Crippen molar-refractivity contribution in [3.8, 4) is 0 Å². The number of aromatic nitrogens is 1. The molecule has 0 spiro atoms. The Morgan fingerprint density at radius 3 is 3.04 bits per heavy atom. The molecule has 0 radical (unpaired) electrons. The summed E-state index contributed by atoms with van der Waals surface area (Å²) in [5.74, 6) is -0.742. The molecule has 1 aliphatic heterocycles. The van der Waals surface area contributed by atoms with E-state index in [0.717, 1.165) is 24.4 Å². The first-order valence-corrected chi connectivity index (χ1v) is 9.18. The first kappa shape index (κ1) is 17.6. The molecule has 3 rings (SSSR count). The van der Waals surface area contributed by atoms with Gasteiger partial charge in [0.1, 0.15) is 0 Å². The maximum absolute atomic E-state index is 12.3. The standard InChI is InChI=1S/C17H21N3O4S/c21-16(19-10-14-2-1-5-25-14)7-11-3-4-18-9-12(11)6-13-8-15(17(22)23)24-20-13/h1-2,5,8,11-12,18H,3-4,6-7,9-10H2,(H,19,21)(H,22,23). The van der Waals surface area contributed by atoms with Crippen LogP contribution in [0.1, 0.15) is 34.0 Å². The van der Waals surface area contributed by atoms with Gasteiger partial charge in [0.2, 0.25) is 11.7 Å². The Balaban J connectivity index is 1.54. The highest BCUT2D eigenvalue weighted by atomic mass is 32.1. The number of thiophene rings is 1. The Hall–Kier alpha value is -2.19. The minimum absolute atomic E-state index is 0.0525. The van der Waals surface area contributed by atoms with Crippen molar-refractivity contribution in [1.29, 1.82) is 0 Å². The Morgan fingerprint density at radius 1 is 1.44 bits per heavy atom. The van der Waals surface area contributed by atoms with E-state index in [4.69, 9.17) is 9.63 Å². The van der Waals surface area contributed by atoms with Gasteiger partial charge >= 0.3 is 5.97 Å². The number of carbonyl (C=O) groups is 2. The molecule has 2 aromatic heterocycles. The Kier molecular flexibility index (Phi) is 5.83. The summed E-state index contributed by atoms with van der Waals surface area (Å²) in [5, 5.41) is 21.1. The molecule has 1 saturated heterocycles. The topological polar surface area (TPSA) is 104 Å². The number of rotatable bonds is 7. The summed E-state index contributed by atoms with van der Waals surface area (Å²) in [6.45, 7) is 2.24. The number of nitrogens with zero attached hydrogens (tertiary/aromatic N) is 1. The van der Waals surface area contributed by atoms with Gasteiger partial charge in [-0.25, -0.2) is 4.79 Å². The van der Waals surface area contributed by atoms with Crippen LogP contribution in [0.5, 0.6) is 0 Å². The van der Waals surface area contributed by atoms with Crippen LogP contribution >= 0.6 is 11.3 Å². The van der Waals surface area contributed by atoms with Crippen LogP contribution in [0, 0.1) is 11.8 Å². The monoisotopic (exact) mass is 363 g/mol. The second-order valence-electron chi connectivity index (χ2n) is 6.26. The lowest BCUT2D eigenvalue weighted by molar-refractivity contribution is -0.122. The average Bonchev–Trinajstić information content (AvgIpc) is 3.26. The van der Waals surface area contributed by atoms with Gasteiger partial charge in [-0.3, -0.25) is 4.79 Å². The van der Waals surface area contributed by atoms with E-state index >= 15 is 0 Å². The molecule has 2 unspecified atom stereocenters. The van der Waals surface area contributed by atoms with E-state index in [1.54, 1.807) is 11.3 Å². The highest BCUT2D eigenvalue weighted by molar-refractivity contribution is 7.09. The summed E-state index contributed by atoms with van der Waals surface area (Å²) in [4.78, 5) is 24.3. The summed E-state index contributed by atoms with van der Waals surface area (Å²) < 4.78 is 4.82. The molecule has 1 amide bonds. The third-order valence-electron chi connectivity index (χ3n) is 4.49. The zero-order valence-electron chi connectivity index (χ0n) is 13.7. The molecule has 0 aromatic carbocycles. The summed E-state index contributed by atoms with van der Waals surface area (Å²) in [6, 6.07) is 5.44. The highest BCUT2D eigenvalue weighted by Crippen LogP contribution is 2.26. The van der Waals surface area contributed by atoms with Gasteiger partial charge in [-0.05, 0) is 49.2 Å². The minimum Gasteiger partial charge on any atom is -0.475 e. The first-order chi connectivity index (χ1) is 12.1. The fraction of sp³-hybridized carbons (Fsp3) is 0.471. The van der Waals surface area contributed by atoms with Crippen LogP contribution in [0.2, 0.25) is 0 Å². The number of hydrogen-bond donors (Lipinski definition) is 3. The van der Waals surface area contributed by atoms with Gasteiger partial charge in [0.15, 0.2) is 0 Å². The summed E-state index contributed by atoms with van der Waals surface area (Å²) >= 11 is 1.63. The minimum atomic E-state index is -1.12. The molecule has 134 valence electrons. The van der Waals surface area contributed by atoms with Crippen LogP contribution in [0.25, 0.3) is 0 Å². The normalized spacial score (nSPS) is 20.3. The van der Waals surface area contributed by atoms with Gasteiger partial charge in [-0.1, -0.05) is 11.2 Å². The highest BCUT2D eigenvalue weighted by Gasteiger charge is 2.28. The van der Waals surface area contributed by atoms with E-state index in [1.165, 1.54) is 6.07 Å². The van der Waals surface area contributed by atoms with Crippen molar-refractivity contribution in [3.63, 3.8) is 0 Å². The van der Waals surface area contributed by atoms with Gasteiger partial charge in [-0.2, -0.15) is 0 Å². The lowest BCUT2D eigenvalue weighted by Gasteiger charge is -2.31. The summed E-state index contributed by atoms with van der Waals surface area (Å²) in [6.07, 6.45) is 1.99. The molecule has 0 bridgehead atoms. The SMILES string of the molecule is O=C(CC1CCNCC1Cc1cc(C(=O)O)on1)NCc1cccs1. The van der Waals surface area contributed by atoms with Gasteiger partial charge < -0.3 is 20.3 Å². The zero-order chi connectivity index (χ0) is 17.6. The van der Waals surface area contributed by atoms with E-state index in [-0.39, 0.29) is 23.5 Å². The van der Waals surface area contributed by atoms with Gasteiger partial charge in [0.25, 0.3) is 0 Å². The van der Waals surface area contributed by atoms with Crippen molar-refractivity contribution in [1.82, 2.24) is 15.8 Å². The zero-order valence-corrected chi connectivity index (χ0v) is 14.6. The second-order valence-corrected chi connectivity index (χ2v) is 7.30. The molecule has 1 fully saturated rings. The quantitative estimate of drug-likeness (QED) is 0.694. The number of carbonyl (C=O) groups excluding carboxylic acids is 1. The summed E-state index contributed by atoms with van der Waals surface area (Å²) in [7, 11) is 0. The molecule has 1 aliphatic rings. The second kappa shape index (κ2) is 8.26. The molecular formula is C17H21N3O4S. The van der Waals surface area contributed by atoms with Gasteiger partial charge in [0, 0.05) is 17.4 Å². The maximum Gasteiger partial charge on any atom is 0.374 e. The van der Waals surface area contributed by atoms with Crippen LogP contribution < -0.4 is 10.6 Å². The van der Waals surface area contributed by atoms with Gasteiger partial charge in [0.05, 0.1) is 12.2 Å². The number of aromatic carboxylic acids is 1. The number of nitrogens with one attached hydrogen (secondary N) is 2. The van der Waals surface area contributed by atoms with Crippen LogP contribution in [0.4, 0.5) is 0 Å². The molecule has 3 heterocycles. The van der Waals surface area contributed by atoms with E-state index in [2.05, 4.69) is 15.8 Å². The summed E-state index contributed by atoms with van der Waals surface area (Å²) in [5.41, 5.74) is 0.620. The van der Waals surface area contributed by atoms with E-state index < -0.39 is 5.97 Å². The smallest absolute Gasteiger partial charge is 0.374 e. The lowest BCUT2D eigenvalue weighted by Crippen LogP contribution is -2.40. The number of hydrogen-bond acceptors (Lipinski definition) is 6. The van der Waals surface area contributed by atoms with Crippen molar-refractivity contribution < 1.29 is 19.2 Å². The van der Waals surface area contributed by atoms with Crippen LogP contribution in [0.3, 0.4) is 0 Å². The van der Waals surface area contributed by atoms with Crippen molar-refractivity contribution in [2.75, 3.05) is 13.1 Å². The Labute approximate surface area is 149 Å². The molecular weight excluding hydrogens is 342 g/mol. The van der Waals surface area contributed by atoms with Crippen molar-refractivity contribution in [3.05, 3.63) is 39.9 Å². The molecule has 3 N–H and O–H groups in total. The number of carboxylic acid groups (broad SMARTS) is 1. The molecule has 0 saturated carbocycles. The predicted molar refractivity (Wildman–Crippen MR) is 92.4 cm³/mol. The third-order valence-corrected chi connectivity index (χ3v) is 5.37. The molecule has 0 aliphatic carbocycles. The fourth-order valence-electron chi connectivity index (χ4n) is 3.17. The van der Waals surface area contributed by atoms with E-state index in [1.807, 2.05) is 17.5 Å². The molecule has 8 heteroatoms. The number of amides is 1. The number of carboxylic acids is 1. The van der Waals surface area contributed by atoms with Crippen LogP contribution in [-0.2, 0) is 17.8 Å². The predicted octanol–water partition coefficient (Wildman–Crippen LogP) is 1.91. The fourth-order valence-corrected chi connectivity index (χ4v) is 3.82. The molecule has 2 aromatic rings. The Morgan fingerprint density at radius 2 is 2.32 bits per heavy atom. The molecule has 25 heavy (non-hydrogen) atoms.